The predicted molar refractivity (Wildman–Crippen MR) is 95.2 cm³/mol. The van der Waals surface area contributed by atoms with Gasteiger partial charge >= 0.3 is 6.18 Å². The van der Waals surface area contributed by atoms with Gasteiger partial charge in [0.2, 0.25) is 0 Å². The topological polar surface area (TPSA) is 66.9 Å². The van der Waals surface area contributed by atoms with Gasteiger partial charge in [-0.05, 0) is 48.0 Å². The molecule has 0 saturated heterocycles. The van der Waals surface area contributed by atoms with Crippen LogP contribution in [-0.4, -0.2) is 15.9 Å². The first kappa shape index (κ1) is 18.4. The van der Waals surface area contributed by atoms with Gasteiger partial charge in [0.25, 0.3) is 5.91 Å². The van der Waals surface area contributed by atoms with Crippen molar-refractivity contribution in [3.05, 3.63) is 83.9 Å². The van der Waals surface area contributed by atoms with E-state index in [4.69, 9.17) is 0 Å². The third-order valence-electron chi connectivity index (χ3n) is 3.69. The van der Waals surface area contributed by atoms with Crippen LogP contribution >= 0.6 is 0 Å². The quantitative estimate of drug-likeness (QED) is 0.698. The van der Waals surface area contributed by atoms with Crippen LogP contribution in [-0.2, 0) is 12.7 Å². The van der Waals surface area contributed by atoms with E-state index in [9.17, 15) is 18.0 Å². The standard InChI is InChI=1S/C19H15F3N4O/c20-19(21,22)14-2-1-3-16(10-14)26-18(27)17-11-15(6-9-24-17)25-12-13-4-7-23-8-5-13/h1-11H,12H2,(H,24,25)(H,26,27). The van der Waals surface area contributed by atoms with Crippen molar-refractivity contribution < 1.29 is 18.0 Å². The average molecular weight is 372 g/mol. The highest BCUT2D eigenvalue weighted by Gasteiger charge is 2.30. The second-order valence-electron chi connectivity index (χ2n) is 5.67. The van der Waals surface area contributed by atoms with E-state index in [1.165, 1.54) is 24.4 Å². The van der Waals surface area contributed by atoms with Crippen LogP contribution in [0.1, 0.15) is 21.6 Å². The lowest BCUT2D eigenvalue weighted by atomic mass is 10.2. The number of carbonyl (C=O) groups is 1. The van der Waals surface area contributed by atoms with Crippen molar-refractivity contribution in [2.75, 3.05) is 10.6 Å². The molecule has 1 amide bonds. The number of amides is 1. The van der Waals surface area contributed by atoms with Crippen molar-refractivity contribution >= 4 is 17.3 Å². The zero-order valence-electron chi connectivity index (χ0n) is 14.0. The van der Waals surface area contributed by atoms with Crippen LogP contribution in [0.15, 0.2) is 67.1 Å². The molecule has 0 aliphatic carbocycles. The minimum absolute atomic E-state index is 0.0479. The van der Waals surface area contributed by atoms with Crippen LogP contribution in [0, 0.1) is 0 Å². The van der Waals surface area contributed by atoms with Crippen LogP contribution in [0.3, 0.4) is 0 Å². The average Bonchev–Trinajstić information content (AvgIpc) is 2.67. The summed E-state index contributed by atoms with van der Waals surface area (Å²) in [5, 5.41) is 5.59. The number of nitrogens with zero attached hydrogens (tertiary/aromatic N) is 2. The molecule has 8 heteroatoms. The highest BCUT2D eigenvalue weighted by molar-refractivity contribution is 6.03. The van der Waals surface area contributed by atoms with E-state index in [0.29, 0.717) is 12.2 Å². The van der Waals surface area contributed by atoms with E-state index in [-0.39, 0.29) is 11.4 Å². The Hall–Kier alpha value is -3.42. The molecule has 0 saturated carbocycles. The molecule has 0 radical (unpaired) electrons. The largest absolute Gasteiger partial charge is 0.416 e. The second kappa shape index (κ2) is 7.86. The van der Waals surface area contributed by atoms with Crippen molar-refractivity contribution in [2.45, 2.75) is 12.7 Å². The normalized spacial score (nSPS) is 11.1. The fourth-order valence-corrected chi connectivity index (χ4v) is 2.34. The fraction of sp³-hybridized carbons (Fsp3) is 0.105. The Bertz CT molecular complexity index is 929. The highest BCUT2D eigenvalue weighted by atomic mass is 19.4. The maximum atomic E-state index is 12.8. The summed E-state index contributed by atoms with van der Waals surface area (Å²) >= 11 is 0. The van der Waals surface area contributed by atoms with Gasteiger partial charge in [0, 0.05) is 36.5 Å². The third kappa shape index (κ3) is 5.04. The van der Waals surface area contributed by atoms with Gasteiger partial charge in [0.05, 0.1) is 5.56 Å². The number of alkyl halides is 3. The molecule has 0 aliphatic heterocycles. The number of aromatic nitrogens is 2. The third-order valence-corrected chi connectivity index (χ3v) is 3.69. The maximum Gasteiger partial charge on any atom is 0.416 e. The van der Waals surface area contributed by atoms with E-state index in [1.807, 2.05) is 12.1 Å². The van der Waals surface area contributed by atoms with Crippen molar-refractivity contribution in [2.24, 2.45) is 0 Å². The molecule has 0 unspecified atom stereocenters. The number of halogens is 3. The lowest BCUT2D eigenvalue weighted by Crippen LogP contribution is -2.15. The summed E-state index contributed by atoms with van der Waals surface area (Å²) in [6.45, 7) is 0.529. The van der Waals surface area contributed by atoms with Crippen LogP contribution in [0.4, 0.5) is 24.5 Å². The molecule has 2 N–H and O–H groups in total. The first-order valence-electron chi connectivity index (χ1n) is 7.99. The number of rotatable bonds is 5. The number of nitrogens with one attached hydrogen (secondary N) is 2. The van der Waals surface area contributed by atoms with Gasteiger partial charge in [0.1, 0.15) is 5.69 Å². The van der Waals surface area contributed by atoms with Gasteiger partial charge in [-0.3, -0.25) is 14.8 Å². The van der Waals surface area contributed by atoms with Crippen LogP contribution in [0.2, 0.25) is 0 Å². The van der Waals surface area contributed by atoms with Gasteiger partial charge in [0.15, 0.2) is 0 Å². The second-order valence-corrected chi connectivity index (χ2v) is 5.67. The summed E-state index contributed by atoms with van der Waals surface area (Å²) in [7, 11) is 0. The van der Waals surface area contributed by atoms with Crippen molar-refractivity contribution in [1.82, 2.24) is 9.97 Å². The summed E-state index contributed by atoms with van der Waals surface area (Å²) in [6.07, 6.45) is 0.334. The van der Waals surface area contributed by atoms with Crippen molar-refractivity contribution in [3.8, 4) is 0 Å². The Morgan fingerprint density at radius 3 is 2.48 bits per heavy atom. The van der Waals surface area contributed by atoms with E-state index in [0.717, 1.165) is 17.7 Å². The molecule has 2 heterocycles. The van der Waals surface area contributed by atoms with Gasteiger partial charge in [-0.1, -0.05) is 6.07 Å². The predicted octanol–water partition coefficient (Wildman–Crippen LogP) is 4.36. The lowest BCUT2D eigenvalue weighted by Gasteiger charge is -2.10. The van der Waals surface area contributed by atoms with Gasteiger partial charge < -0.3 is 10.6 Å². The lowest BCUT2D eigenvalue weighted by molar-refractivity contribution is -0.137. The van der Waals surface area contributed by atoms with E-state index in [1.54, 1.807) is 18.5 Å². The fourth-order valence-electron chi connectivity index (χ4n) is 2.34. The zero-order chi connectivity index (χ0) is 19.3. The summed E-state index contributed by atoms with van der Waals surface area (Å²) in [5.41, 5.74) is 0.979. The molecule has 2 aromatic heterocycles. The molecule has 0 atom stereocenters. The molecule has 0 spiro atoms. The molecular weight excluding hydrogens is 357 g/mol. The first-order chi connectivity index (χ1) is 12.9. The Balaban J connectivity index is 1.68. The Labute approximate surface area is 153 Å². The van der Waals surface area contributed by atoms with Crippen molar-refractivity contribution in [1.29, 1.82) is 0 Å². The molecule has 27 heavy (non-hydrogen) atoms. The first-order valence-corrected chi connectivity index (χ1v) is 7.99. The van der Waals surface area contributed by atoms with Crippen LogP contribution in [0.5, 0.6) is 0 Å². The molecule has 0 bridgehead atoms. The molecule has 0 aliphatic rings. The van der Waals surface area contributed by atoms with Gasteiger partial charge in [-0.15, -0.1) is 0 Å². The number of pyridine rings is 2. The monoisotopic (exact) mass is 372 g/mol. The summed E-state index contributed by atoms with van der Waals surface area (Å²) in [5.74, 6) is -0.595. The highest BCUT2D eigenvalue weighted by Crippen LogP contribution is 2.30. The summed E-state index contributed by atoms with van der Waals surface area (Å²) in [4.78, 5) is 20.2. The van der Waals surface area contributed by atoms with Crippen LogP contribution in [0.25, 0.3) is 0 Å². The van der Waals surface area contributed by atoms with Crippen LogP contribution < -0.4 is 10.6 Å². The minimum atomic E-state index is -4.48. The van der Waals surface area contributed by atoms with E-state index < -0.39 is 17.6 Å². The smallest absolute Gasteiger partial charge is 0.381 e. The number of carbonyl (C=O) groups excluding carboxylic acids is 1. The van der Waals surface area contributed by atoms with Gasteiger partial charge in [-0.2, -0.15) is 13.2 Å². The number of benzene rings is 1. The van der Waals surface area contributed by atoms with Crippen molar-refractivity contribution in [3.63, 3.8) is 0 Å². The number of anilines is 2. The Morgan fingerprint density at radius 1 is 0.963 bits per heavy atom. The summed E-state index contributed by atoms with van der Waals surface area (Å²) < 4.78 is 38.3. The number of hydrogen-bond donors (Lipinski definition) is 2. The number of hydrogen-bond acceptors (Lipinski definition) is 4. The maximum absolute atomic E-state index is 12.8. The Kier molecular flexibility index (Phi) is 5.35. The minimum Gasteiger partial charge on any atom is -0.381 e. The molecule has 5 nitrogen and oxygen atoms in total. The Morgan fingerprint density at radius 2 is 1.74 bits per heavy atom. The molecule has 138 valence electrons. The van der Waals surface area contributed by atoms with E-state index in [2.05, 4.69) is 20.6 Å². The van der Waals surface area contributed by atoms with Gasteiger partial charge in [-0.25, -0.2) is 0 Å². The molecule has 1 aromatic carbocycles. The summed E-state index contributed by atoms with van der Waals surface area (Å²) in [6, 6.07) is 11.4. The molecule has 3 rings (SSSR count). The SMILES string of the molecule is O=C(Nc1cccc(C(F)(F)F)c1)c1cc(NCc2ccncc2)ccn1. The molecule has 3 aromatic rings. The van der Waals surface area contributed by atoms with E-state index >= 15 is 0 Å². The molecular formula is C19H15F3N4O. The zero-order valence-corrected chi connectivity index (χ0v) is 14.0. The molecule has 0 fully saturated rings.